The van der Waals surface area contributed by atoms with Crippen LogP contribution in [0.25, 0.3) is 11.4 Å². The lowest BCUT2D eigenvalue weighted by Crippen LogP contribution is -2.03. The van der Waals surface area contributed by atoms with Crippen LogP contribution >= 0.6 is 0 Å². The lowest BCUT2D eigenvalue weighted by molar-refractivity contribution is 0.919. The predicted molar refractivity (Wildman–Crippen MR) is 63.1 cm³/mol. The van der Waals surface area contributed by atoms with E-state index in [1.807, 2.05) is 23.7 Å². The molecule has 1 fully saturated rings. The fourth-order valence-electron chi connectivity index (χ4n) is 1.78. The van der Waals surface area contributed by atoms with Crippen LogP contribution < -0.4 is 5.32 Å². The molecule has 16 heavy (non-hydrogen) atoms. The van der Waals surface area contributed by atoms with Gasteiger partial charge in [-0.1, -0.05) is 12.1 Å². The Labute approximate surface area is 94.3 Å². The smallest absolute Gasteiger partial charge is 0.165 e. The third kappa shape index (κ3) is 1.66. The minimum atomic E-state index is 0.648. The van der Waals surface area contributed by atoms with Crippen LogP contribution in [0.5, 0.6) is 0 Å². The molecule has 1 heterocycles. The van der Waals surface area contributed by atoms with Gasteiger partial charge in [0.05, 0.1) is 0 Å². The van der Waals surface area contributed by atoms with Gasteiger partial charge in [0, 0.05) is 24.3 Å². The van der Waals surface area contributed by atoms with E-state index < -0.39 is 0 Å². The van der Waals surface area contributed by atoms with Crippen LogP contribution in [-0.4, -0.2) is 20.8 Å². The molecule has 0 bridgehead atoms. The number of benzene rings is 1. The zero-order valence-corrected chi connectivity index (χ0v) is 9.22. The summed E-state index contributed by atoms with van der Waals surface area (Å²) in [7, 11) is 1.96. The molecule has 0 saturated heterocycles. The van der Waals surface area contributed by atoms with Crippen LogP contribution in [0.15, 0.2) is 30.6 Å². The standard InChI is InChI=1S/C12H14N4/c1-16-8-13-15-12(16)10-4-2-3-5-11(10)14-9-6-7-9/h2-5,8-9,14H,6-7H2,1H3. The topological polar surface area (TPSA) is 42.7 Å². The molecule has 1 aliphatic carbocycles. The molecule has 4 nitrogen and oxygen atoms in total. The van der Waals surface area contributed by atoms with E-state index in [9.17, 15) is 0 Å². The summed E-state index contributed by atoms with van der Waals surface area (Å²) in [6.45, 7) is 0. The highest BCUT2D eigenvalue weighted by atomic mass is 15.2. The molecule has 82 valence electrons. The second kappa shape index (κ2) is 3.63. The Morgan fingerprint density at radius 1 is 1.31 bits per heavy atom. The predicted octanol–water partition coefficient (Wildman–Crippen LogP) is 2.06. The number of anilines is 1. The molecule has 1 aromatic carbocycles. The summed E-state index contributed by atoms with van der Waals surface area (Å²) in [5, 5.41) is 11.6. The highest BCUT2D eigenvalue weighted by Gasteiger charge is 2.22. The van der Waals surface area contributed by atoms with Crippen LogP contribution in [0.1, 0.15) is 12.8 Å². The van der Waals surface area contributed by atoms with Crippen molar-refractivity contribution in [3.63, 3.8) is 0 Å². The Morgan fingerprint density at radius 2 is 2.12 bits per heavy atom. The van der Waals surface area contributed by atoms with E-state index in [1.165, 1.54) is 12.8 Å². The van der Waals surface area contributed by atoms with Gasteiger partial charge in [0.2, 0.25) is 0 Å². The SMILES string of the molecule is Cn1cnnc1-c1ccccc1NC1CC1. The second-order valence-electron chi connectivity index (χ2n) is 4.23. The zero-order valence-electron chi connectivity index (χ0n) is 9.22. The number of aryl methyl sites for hydroxylation is 1. The van der Waals surface area contributed by atoms with Crippen LogP contribution in [0.4, 0.5) is 5.69 Å². The molecule has 0 radical (unpaired) electrons. The van der Waals surface area contributed by atoms with Crippen LogP contribution in [-0.2, 0) is 7.05 Å². The third-order valence-electron chi connectivity index (χ3n) is 2.82. The number of hydrogen-bond donors (Lipinski definition) is 1. The van der Waals surface area contributed by atoms with Gasteiger partial charge in [0.1, 0.15) is 6.33 Å². The Hall–Kier alpha value is -1.84. The largest absolute Gasteiger partial charge is 0.382 e. The average molecular weight is 214 g/mol. The van der Waals surface area contributed by atoms with Crippen LogP contribution in [0.2, 0.25) is 0 Å². The fourth-order valence-corrected chi connectivity index (χ4v) is 1.78. The lowest BCUT2D eigenvalue weighted by atomic mass is 10.1. The van der Waals surface area contributed by atoms with Gasteiger partial charge in [-0.05, 0) is 25.0 Å². The van der Waals surface area contributed by atoms with Gasteiger partial charge in [-0.3, -0.25) is 0 Å². The van der Waals surface area contributed by atoms with Crippen LogP contribution in [0.3, 0.4) is 0 Å². The summed E-state index contributed by atoms with van der Waals surface area (Å²) in [5.41, 5.74) is 2.27. The van der Waals surface area contributed by atoms with Gasteiger partial charge in [-0.15, -0.1) is 10.2 Å². The first-order valence-corrected chi connectivity index (χ1v) is 5.54. The summed E-state index contributed by atoms with van der Waals surface area (Å²) < 4.78 is 1.94. The van der Waals surface area contributed by atoms with Crippen LogP contribution in [0, 0.1) is 0 Å². The summed E-state index contributed by atoms with van der Waals surface area (Å²) in [5.74, 6) is 0.906. The van der Waals surface area contributed by atoms with Crippen molar-refractivity contribution in [3.05, 3.63) is 30.6 Å². The van der Waals surface area contributed by atoms with Crippen molar-refractivity contribution in [2.45, 2.75) is 18.9 Å². The van der Waals surface area contributed by atoms with Crippen molar-refractivity contribution in [1.82, 2.24) is 14.8 Å². The minimum Gasteiger partial charge on any atom is -0.382 e. The Bertz CT molecular complexity index is 499. The summed E-state index contributed by atoms with van der Waals surface area (Å²) >= 11 is 0. The quantitative estimate of drug-likeness (QED) is 0.850. The molecule has 3 rings (SSSR count). The molecule has 0 atom stereocenters. The second-order valence-corrected chi connectivity index (χ2v) is 4.23. The molecule has 0 unspecified atom stereocenters. The lowest BCUT2D eigenvalue weighted by Gasteiger charge is -2.10. The van der Waals surface area contributed by atoms with E-state index in [-0.39, 0.29) is 0 Å². The van der Waals surface area contributed by atoms with Crippen molar-refractivity contribution in [2.24, 2.45) is 7.05 Å². The van der Waals surface area contributed by atoms with Gasteiger partial charge in [-0.2, -0.15) is 0 Å². The summed E-state index contributed by atoms with van der Waals surface area (Å²) in [6.07, 6.45) is 4.27. The number of nitrogens with zero attached hydrogens (tertiary/aromatic N) is 3. The first kappa shape index (κ1) is 9.39. The fraction of sp³-hybridized carbons (Fsp3) is 0.333. The number of para-hydroxylation sites is 1. The highest BCUT2D eigenvalue weighted by Crippen LogP contribution is 2.31. The highest BCUT2D eigenvalue weighted by molar-refractivity contribution is 5.73. The van der Waals surface area contributed by atoms with Crippen molar-refractivity contribution in [3.8, 4) is 11.4 Å². The monoisotopic (exact) mass is 214 g/mol. The van der Waals surface area contributed by atoms with E-state index in [0.29, 0.717) is 6.04 Å². The van der Waals surface area contributed by atoms with E-state index in [1.54, 1.807) is 6.33 Å². The van der Waals surface area contributed by atoms with Crippen molar-refractivity contribution < 1.29 is 0 Å². The van der Waals surface area contributed by atoms with Crippen molar-refractivity contribution >= 4 is 5.69 Å². The van der Waals surface area contributed by atoms with E-state index in [4.69, 9.17) is 0 Å². The third-order valence-corrected chi connectivity index (χ3v) is 2.82. The maximum Gasteiger partial charge on any atom is 0.165 e. The first-order chi connectivity index (χ1) is 7.84. The van der Waals surface area contributed by atoms with Gasteiger partial charge < -0.3 is 9.88 Å². The van der Waals surface area contributed by atoms with Gasteiger partial charge in [0.15, 0.2) is 5.82 Å². The number of rotatable bonds is 3. The zero-order chi connectivity index (χ0) is 11.0. The Balaban J connectivity index is 2.01. The normalized spacial score (nSPS) is 15.1. The average Bonchev–Trinajstić information content (AvgIpc) is 3.00. The van der Waals surface area contributed by atoms with Gasteiger partial charge in [-0.25, -0.2) is 0 Å². The summed E-state index contributed by atoms with van der Waals surface area (Å²) in [6, 6.07) is 8.90. The molecule has 0 amide bonds. The molecule has 1 N–H and O–H groups in total. The molecule has 0 aliphatic heterocycles. The van der Waals surface area contributed by atoms with E-state index in [2.05, 4.69) is 27.6 Å². The molecule has 1 saturated carbocycles. The minimum absolute atomic E-state index is 0.648. The van der Waals surface area contributed by atoms with E-state index in [0.717, 1.165) is 17.1 Å². The Morgan fingerprint density at radius 3 is 2.81 bits per heavy atom. The molecule has 1 aromatic heterocycles. The number of aromatic nitrogens is 3. The number of nitrogens with one attached hydrogen (secondary N) is 1. The molecule has 4 heteroatoms. The number of hydrogen-bond acceptors (Lipinski definition) is 3. The Kier molecular flexibility index (Phi) is 2.13. The van der Waals surface area contributed by atoms with Gasteiger partial charge in [0.25, 0.3) is 0 Å². The molecule has 1 aliphatic rings. The maximum atomic E-state index is 4.15. The van der Waals surface area contributed by atoms with Crippen molar-refractivity contribution in [1.29, 1.82) is 0 Å². The maximum absolute atomic E-state index is 4.15. The first-order valence-electron chi connectivity index (χ1n) is 5.54. The molecule has 2 aromatic rings. The van der Waals surface area contributed by atoms with Gasteiger partial charge >= 0.3 is 0 Å². The molecular formula is C12H14N4. The molecule has 0 spiro atoms. The van der Waals surface area contributed by atoms with E-state index >= 15 is 0 Å². The van der Waals surface area contributed by atoms with Crippen molar-refractivity contribution in [2.75, 3.05) is 5.32 Å². The summed E-state index contributed by atoms with van der Waals surface area (Å²) in [4.78, 5) is 0. The molecular weight excluding hydrogens is 200 g/mol.